The highest BCUT2D eigenvalue weighted by atomic mass is 32.2. The Morgan fingerprint density at radius 3 is 2.40 bits per heavy atom. The van der Waals surface area contributed by atoms with Gasteiger partial charge in [-0.2, -0.15) is 0 Å². The van der Waals surface area contributed by atoms with E-state index in [1.54, 1.807) is 6.92 Å². The summed E-state index contributed by atoms with van der Waals surface area (Å²) in [6, 6.07) is 0. The van der Waals surface area contributed by atoms with Crippen LogP contribution in [0.4, 0.5) is 0 Å². The summed E-state index contributed by atoms with van der Waals surface area (Å²) in [5.74, 6) is 0. The molecule has 4 nitrogen and oxygen atoms in total. The van der Waals surface area contributed by atoms with Crippen molar-refractivity contribution in [3.05, 3.63) is 18.2 Å². The molecule has 0 saturated heterocycles. The molecule has 0 saturated carbocycles. The van der Waals surface area contributed by atoms with Gasteiger partial charge >= 0.3 is 0 Å². The van der Waals surface area contributed by atoms with Crippen LogP contribution in [0.2, 0.25) is 0 Å². The zero-order valence-corrected chi connectivity index (χ0v) is 6.59. The Kier molecular flexibility index (Phi) is 1.52. The van der Waals surface area contributed by atoms with E-state index in [0.29, 0.717) is 5.69 Å². The van der Waals surface area contributed by atoms with E-state index in [1.807, 2.05) is 0 Å². The van der Waals surface area contributed by atoms with Gasteiger partial charge in [-0.25, -0.2) is 17.4 Å². The number of rotatable bonds is 1. The molecule has 0 spiro atoms. The first-order chi connectivity index (χ1) is 4.50. The zero-order valence-electron chi connectivity index (χ0n) is 5.77. The fraction of sp³-hybridized carbons (Fsp3) is 0.400. The van der Waals surface area contributed by atoms with Gasteiger partial charge < -0.3 is 0 Å². The van der Waals surface area contributed by atoms with Gasteiger partial charge in [-0.05, 0) is 6.92 Å². The number of hydrogen-bond donors (Lipinski definition) is 0. The second kappa shape index (κ2) is 2.09. The van der Waals surface area contributed by atoms with Crippen LogP contribution in [0.3, 0.4) is 0 Å². The summed E-state index contributed by atoms with van der Waals surface area (Å²) in [6.07, 6.45) is 3.88. The van der Waals surface area contributed by atoms with Crippen LogP contribution in [0.5, 0.6) is 0 Å². The van der Waals surface area contributed by atoms with Crippen LogP contribution in [-0.2, 0) is 10.0 Å². The van der Waals surface area contributed by atoms with E-state index in [0.717, 1.165) is 10.2 Å². The van der Waals surface area contributed by atoms with Crippen molar-refractivity contribution in [2.24, 2.45) is 0 Å². The Hall–Kier alpha value is -0.840. The molecular formula is C5H8N2O2S. The molecular weight excluding hydrogens is 152 g/mol. The maximum Gasteiger partial charge on any atom is 0.236 e. The minimum Gasteiger partial charge on any atom is -0.241 e. The standard InChI is InChI=1S/C5H8N2O2S/c1-5-3-7(4-6-5)10(2,8)9/h3-4H,1-2H3. The molecule has 1 aromatic rings. The van der Waals surface area contributed by atoms with E-state index in [4.69, 9.17) is 0 Å². The molecule has 0 atom stereocenters. The number of aryl methyl sites for hydroxylation is 1. The SMILES string of the molecule is Cc1cn(S(C)(=O)=O)cn1. The van der Waals surface area contributed by atoms with Gasteiger partial charge in [0.05, 0.1) is 11.9 Å². The third-order valence-electron chi connectivity index (χ3n) is 1.07. The predicted molar refractivity (Wildman–Crippen MR) is 37.2 cm³/mol. The van der Waals surface area contributed by atoms with Gasteiger partial charge in [-0.15, -0.1) is 0 Å². The Labute approximate surface area is 59.6 Å². The topological polar surface area (TPSA) is 52.0 Å². The zero-order chi connectivity index (χ0) is 7.78. The summed E-state index contributed by atoms with van der Waals surface area (Å²) in [7, 11) is -3.13. The molecule has 0 aromatic carbocycles. The van der Waals surface area contributed by atoms with Crippen LogP contribution < -0.4 is 0 Å². The number of nitrogens with zero attached hydrogens (tertiary/aromatic N) is 2. The number of hydrogen-bond acceptors (Lipinski definition) is 3. The summed E-state index contributed by atoms with van der Waals surface area (Å²) in [4.78, 5) is 3.77. The molecule has 1 heterocycles. The molecule has 0 aliphatic heterocycles. The fourth-order valence-corrected chi connectivity index (χ4v) is 1.14. The summed E-state index contributed by atoms with van der Waals surface area (Å²) in [5, 5.41) is 0. The van der Waals surface area contributed by atoms with E-state index in [2.05, 4.69) is 4.98 Å². The molecule has 0 unspecified atom stereocenters. The van der Waals surface area contributed by atoms with E-state index in [9.17, 15) is 8.42 Å². The molecule has 0 aliphatic carbocycles. The second-order valence-corrected chi connectivity index (χ2v) is 4.00. The summed E-state index contributed by atoms with van der Waals surface area (Å²) in [6.45, 7) is 1.74. The lowest BCUT2D eigenvalue weighted by Gasteiger charge is -1.93. The first kappa shape index (κ1) is 7.27. The molecule has 0 aliphatic rings. The van der Waals surface area contributed by atoms with Gasteiger partial charge in [0.1, 0.15) is 6.33 Å². The Morgan fingerprint density at radius 2 is 2.20 bits per heavy atom. The molecule has 0 N–H and O–H groups in total. The Bertz CT molecular complexity index is 325. The third-order valence-corrected chi connectivity index (χ3v) is 2.04. The van der Waals surface area contributed by atoms with Crippen molar-refractivity contribution in [2.45, 2.75) is 6.92 Å². The fourth-order valence-electron chi connectivity index (χ4n) is 0.580. The smallest absolute Gasteiger partial charge is 0.236 e. The third kappa shape index (κ3) is 1.36. The average Bonchev–Trinajstić information content (AvgIpc) is 2.11. The van der Waals surface area contributed by atoms with Crippen molar-refractivity contribution in [1.82, 2.24) is 8.96 Å². The van der Waals surface area contributed by atoms with Crippen molar-refractivity contribution < 1.29 is 8.42 Å². The van der Waals surface area contributed by atoms with Gasteiger partial charge in [-0.1, -0.05) is 0 Å². The quantitative estimate of drug-likeness (QED) is 0.581. The van der Waals surface area contributed by atoms with E-state index < -0.39 is 10.0 Å². The Morgan fingerprint density at radius 1 is 1.60 bits per heavy atom. The van der Waals surface area contributed by atoms with Crippen molar-refractivity contribution in [3.8, 4) is 0 Å². The van der Waals surface area contributed by atoms with Crippen LogP contribution in [0, 0.1) is 6.92 Å². The first-order valence-electron chi connectivity index (χ1n) is 2.71. The number of aromatic nitrogens is 2. The highest BCUT2D eigenvalue weighted by molar-refractivity contribution is 7.89. The van der Waals surface area contributed by atoms with Crippen molar-refractivity contribution in [3.63, 3.8) is 0 Å². The lowest BCUT2D eigenvalue weighted by molar-refractivity contribution is 0.593. The lowest BCUT2D eigenvalue weighted by Crippen LogP contribution is -2.06. The highest BCUT2D eigenvalue weighted by Gasteiger charge is 2.03. The second-order valence-electron chi connectivity index (χ2n) is 2.11. The van der Waals surface area contributed by atoms with Crippen molar-refractivity contribution >= 4 is 10.0 Å². The Balaban J connectivity index is 3.21. The van der Waals surface area contributed by atoms with E-state index >= 15 is 0 Å². The minimum atomic E-state index is -3.13. The van der Waals surface area contributed by atoms with Crippen LogP contribution in [0.25, 0.3) is 0 Å². The molecule has 0 amide bonds. The van der Waals surface area contributed by atoms with Crippen LogP contribution >= 0.6 is 0 Å². The summed E-state index contributed by atoms with van der Waals surface area (Å²) >= 11 is 0. The molecule has 1 aromatic heterocycles. The van der Waals surface area contributed by atoms with Gasteiger partial charge in [0, 0.05) is 6.20 Å². The maximum absolute atomic E-state index is 10.8. The lowest BCUT2D eigenvalue weighted by atomic mass is 10.6. The van der Waals surface area contributed by atoms with Crippen LogP contribution in [-0.4, -0.2) is 23.6 Å². The molecule has 56 valence electrons. The van der Waals surface area contributed by atoms with E-state index in [-0.39, 0.29) is 0 Å². The van der Waals surface area contributed by atoms with Crippen molar-refractivity contribution in [1.29, 1.82) is 0 Å². The van der Waals surface area contributed by atoms with Crippen LogP contribution in [0.1, 0.15) is 5.69 Å². The number of imidazole rings is 1. The first-order valence-corrected chi connectivity index (χ1v) is 4.56. The normalized spacial score (nSPS) is 11.8. The summed E-state index contributed by atoms with van der Waals surface area (Å²) < 4.78 is 22.6. The maximum atomic E-state index is 10.8. The van der Waals surface area contributed by atoms with Gasteiger partial charge in [0.15, 0.2) is 0 Å². The molecule has 0 radical (unpaired) electrons. The molecule has 0 fully saturated rings. The highest BCUT2D eigenvalue weighted by Crippen LogP contribution is 1.96. The molecule has 1 rings (SSSR count). The average molecular weight is 160 g/mol. The monoisotopic (exact) mass is 160 g/mol. The molecule has 10 heavy (non-hydrogen) atoms. The summed E-state index contributed by atoms with van der Waals surface area (Å²) in [5.41, 5.74) is 0.699. The van der Waals surface area contributed by atoms with Crippen LogP contribution in [0.15, 0.2) is 12.5 Å². The molecule has 0 bridgehead atoms. The molecule has 5 heteroatoms. The van der Waals surface area contributed by atoms with Gasteiger partial charge in [0.2, 0.25) is 10.0 Å². The minimum absolute atomic E-state index is 0.699. The van der Waals surface area contributed by atoms with E-state index in [1.165, 1.54) is 12.5 Å². The van der Waals surface area contributed by atoms with Crippen molar-refractivity contribution in [2.75, 3.05) is 6.26 Å². The predicted octanol–water partition coefficient (Wildman–Crippen LogP) is -0.000780. The van der Waals surface area contributed by atoms with Gasteiger partial charge in [0.25, 0.3) is 0 Å². The van der Waals surface area contributed by atoms with Gasteiger partial charge in [-0.3, -0.25) is 0 Å². The largest absolute Gasteiger partial charge is 0.241 e.